The number of ether oxygens (including phenoxy) is 1. The summed E-state index contributed by atoms with van der Waals surface area (Å²) >= 11 is 0. The molecule has 0 saturated carbocycles. The molecule has 5 heteroatoms. The average molecular weight is 203 g/mol. The van der Waals surface area contributed by atoms with E-state index < -0.39 is 12.0 Å². The van der Waals surface area contributed by atoms with E-state index in [4.69, 9.17) is 10.8 Å². The van der Waals surface area contributed by atoms with Crippen molar-refractivity contribution >= 4 is 11.9 Å². The van der Waals surface area contributed by atoms with Gasteiger partial charge in [-0.05, 0) is 13.3 Å². The van der Waals surface area contributed by atoms with Crippen molar-refractivity contribution in [3.63, 3.8) is 0 Å². The smallest absolute Gasteiger partial charge is 0.330 e. The van der Waals surface area contributed by atoms with Gasteiger partial charge in [-0.2, -0.15) is 0 Å². The highest BCUT2D eigenvalue weighted by Crippen LogP contribution is 1.82. The van der Waals surface area contributed by atoms with Crippen LogP contribution < -0.4 is 5.73 Å². The molecule has 0 aliphatic heterocycles. The van der Waals surface area contributed by atoms with E-state index >= 15 is 0 Å². The third-order valence-corrected chi connectivity index (χ3v) is 1.21. The Bertz CT molecular complexity index is 191. The van der Waals surface area contributed by atoms with Crippen LogP contribution in [-0.4, -0.2) is 29.7 Å². The van der Waals surface area contributed by atoms with Crippen molar-refractivity contribution in [2.24, 2.45) is 5.73 Å². The molecule has 0 spiro atoms. The van der Waals surface area contributed by atoms with Gasteiger partial charge in [0.05, 0.1) is 6.61 Å². The minimum absolute atomic E-state index is 0.359. The molecule has 14 heavy (non-hydrogen) atoms. The second-order valence-corrected chi connectivity index (χ2v) is 2.31. The maximum absolute atomic E-state index is 10.1. The lowest BCUT2D eigenvalue weighted by Crippen LogP contribution is -2.28. The second-order valence-electron chi connectivity index (χ2n) is 2.31. The molecule has 82 valence electrons. The SMILES string of the molecule is C=CC(=O)OCC.CCC(N)C(=O)O. The van der Waals surface area contributed by atoms with Crippen LogP contribution in [0.15, 0.2) is 12.7 Å². The third-order valence-electron chi connectivity index (χ3n) is 1.21. The molecule has 0 aliphatic carbocycles. The fourth-order valence-corrected chi connectivity index (χ4v) is 0.376. The average Bonchev–Trinajstić information content (AvgIpc) is 2.17. The summed E-state index contributed by atoms with van der Waals surface area (Å²) in [6.45, 7) is 7.11. The summed E-state index contributed by atoms with van der Waals surface area (Å²) in [5, 5.41) is 8.06. The van der Waals surface area contributed by atoms with Crippen molar-refractivity contribution in [3.8, 4) is 0 Å². The molecular formula is C9H17NO4. The summed E-state index contributed by atoms with van der Waals surface area (Å²) in [6, 6.07) is -0.681. The molecule has 0 aromatic heterocycles. The predicted octanol–water partition coefficient (Wildman–Crippen LogP) is 0.544. The molecule has 0 aliphatic rings. The predicted molar refractivity (Wildman–Crippen MR) is 52.7 cm³/mol. The summed E-state index contributed by atoms with van der Waals surface area (Å²) in [5.74, 6) is -1.29. The minimum atomic E-state index is -0.928. The van der Waals surface area contributed by atoms with Gasteiger partial charge in [0, 0.05) is 6.08 Å². The molecule has 0 bridgehead atoms. The molecule has 0 aromatic carbocycles. The van der Waals surface area contributed by atoms with Crippen molar-refractivity contribution in [1.29, 1.82) is 0 Å². The lowest BCUT2D eigenvalue weighted by molar-refractivity contribution is -0.139. The largest absolute Gasteiger partial charge is 0.480 e. The number of carbonyl (C=O) groups is 2. The fourth-order valence-electron chi connectivity index (χ4n) is 0.376. The second kappa shape index (κ2) is 9.73. The Morgan fingerprint density at radius 2 is 2.07 bits per heavy atom. The summed E-state index contributed by atoms with van der Waals surface area (Å²) in [4.78, 5) is 19.9. The van der Waals surface area contributed by atoms with Crippen molar-refractivity contribution in [1.82, 2.24) is 0 Å². The molecule has 5 nitrogen and oxygen atoms in total. The van der Waals surface area contributed by atoms with E-state index in [1.54, 1.807) is 13.8 Å². The van der Waals surface area contributed by atoms with Crippen molar-refractivity contribution in [2.45, 2.75) is 26.3 Å². The highest BCUT2D eigenvalue weighted by Gasteiger charge is 2.05. The third kappa shape index (κ3) is 10.6. The first-order valence-electron chi connectivity index (χ1n) is 4.27. The van der Waals surface area contributed by atoms with E-state index in [-0.39, 0.29) is 5.97 Å². The lowest BCUT2D eigenvalue weighted by atomic mass is 10.2. The van der Waals surface area contributed by atoms with Crippen LogP contribution in [0.1, 0.15) is 20.3 Å². The first-order valence-corrected chi connectivity index (χ1v) is 4.27. The van der Waals surface area contributed by atoms with Crippen LogP contribution in [0.4, 0.5) is 0 Å². The van der Waals surface area contributed by atoms with E-state index in [2.05, 4.69) is 11.3 Å². The van der Waals surface area contributed by atoms with E-state index in [0.717, 1.165) is 6.08 Å². The minimum Gasteiger partial charge on any atom is -0.480 e. The Morgan fingerprint density at radius 1 is 1.57 bits per heavy atom. The number of carboxylic acids is 1. The topological polar surface area (TPSA) is 89.6 Å². The first-order chi connectivity index (χ1) is 6.49. The van der Waals surface area contributed by atoms with Gasteiger partial charge in [-0.1, -0.05) is 13.5 Å². The van der Waals surface area contributed by atoms with Crippen LogP contribution in [0.2, 0.25) is 0 Å². The molecule has 0 fully saturated rings. The highest BCUT2D eigenvalue weighted by molar-refractivity contribution is 5.81. The Hall–Kier alpha value is -1.36. The van der Waals surface area contributed by atoms with Crippen molar-refractivity contribution in [3.05, 3.63) is 12.7 Å². The zero-order valence-corrected chi connectivity index (χ0v) is 8.53. The zero-order valence-electron chi connectivity index (χ0n) is 8.53. The molecule has 0 radical (unpaired) electrons. The van der Waals surface area contributed by atoms with Crippen LogP contribution in [0.25, 0.3) is 0 Å². The molecular weight excluding hydrogens is 186 g/mol. The van der Waals surface area contributed by atoms with Gasteiger partial charge < -0.3 is 15.6 Å². The van der Waals surface area contributed by atoms with Crippen LogP contribution in [0.3, 0.4) is 0 Å². The van der Waals surface area contributed by atoms with E-state index in [0.29, 0.717) is 13.0 Å². The van der Waals surface area contributed by atoms with E-state index in [9.17, 15) is 9.59 Å². The van der Waals surface area contributed by atoms with Gasteiger partial charge in [0.15, 0.2) is 0 Å². The number of carbonyl (C=O) groups excluding carboxylic acids is 1. The molecule has 1 unspecified atom stereocenters. The van der Waals surface area contributed by atoms with Gasteiger partial charge in [0.1, 0.15) is 6.04 Å². The van der Waals surface area contributed by atoms with Crippen molar-refractivity contribution in [2.75, 3.05) is 6.61 Å². The maximum Gasteiger partial charge on any atom is 0.330 e. The number of aliphatic carboxylic acids is 1. The lowest BCUT2D eigenvalue weighted by Gasteiger charge is -1.97. The molecule has 0 heterocycles. The maximum atomic E-state index is 10.1. The Labute approximate surface area is 83.5 Å². The van der Waals surface area contributed by atoms with E-state index in [1.165, 1.54) is 0 Å². The van der Waals surface area contributed by atoms with E-state index in [1.807, 2.05) is 0 Å². The molecule has 3 N–H and O–H groups in total. The zero-order chi connectivity index (χ0) is 11.6. The summed E-state index contributed by atoms with van der Waals surface area (Å²) in [7, 11) is 0. The Balaban J connectivity index is 0. The summed E-state index contributed by atoms with van der Waals surface area (Å²) in [6.07, 6.45) is 1.64. The van der Waals surface area contributed by atoms with Crippen LogP contribution in [0.5, 0.6) is 0 Å². The molecule has 0 amide bonds. The quantitative estimate of drug-likeness (QED) is 0.514. The van der Waals surface area contributed by atoms with Gasteiger partial charge in [0.25, 0.3) is 0 Å². The molecule has 0 saturated heterocycles. The van der Waals surface area contributed by atoms with Gasteiger partial charge >= 0.3 is 11.9 Å². The number of esters is 1. The molecule has 0 aromatic rings. The van der Waals surface area contributed by atoms with Crippen LogP contribution in [0, 0.1) is 0 Å². The number of hydrogen-bond acceptors (Lipinski definition) is 4. The number of hydrogen-bond donors (Lipinski definition) is 2. The van der Waals surface area contributed by atoms with Gasteiger partial charge in [-0.3, -0.25) is 4.79 Å². The number of nitrogens with two attached hydrogens (primary N) is 1. The van der Waals surface area contributed by atoms with Gasteiger partial charge in [-0.25, -0.2) is 4.79 Å². The first kappa shape index (κ1) is 15.1. The number of carboxylic acid groups (broad SMARTS) is 1. The fraction of sp³-hybridized carbons (Fsp3) is 0.556. The van der Waals surface area contributed by atoms with Gasteiger partial charge in [0.2, 0.25) is 0 Å². The van der Waals surface area contributed by atoms with Crippen LogP contribution in [-0.2, 0) is 14.3 Å². The summed E-state index contributed by atoms with van der Waals surface area (Å²) in [5.41, 5.74) is 5.02. The monoisotopic (exact) mass is 203 g/mol. The standard InChI is InChI=1S/C5H8O2.C4H9NO2/c1-3-5(6)7-4-2;1-2-3(5)4(6)7/h3H,1,4H2,2H3;3H,2,5H2,1H3,(H,6,7). The van der Waals surface area contributed by atoms with Gasteiger partial charge in [-0.15, -0.1) is 0 Å². The molecule has 0 rings (SSSR count). The Kier molecular flexibility index (Phi) is 10.5. The van der Waals surface area contributed by atoms with Crippen molar-refractivity contribution < 1.29 is 19.4 Å². The molecule has 1 atom stereocenters. The normalized spacial score (nSPS) is 10.5. The number of rotatable bonds is 4. The highest BCUT2D eigenvalue weighted by atomic mass is 16.5. The Morgan fingerprint density at radius 3 is 2.14 bits per heavy atom. The van der Waals surface area contributed by atoms with Crippen LogP contribution >= 0.6 is 0 Å². The summed E-state index contributed by atoms with van der Waals surface area (Å²) < 4.78 is 4.43.